The highest BCUT2D eigenvalue weighted by Gasteiger charge is 2.08. The van der Waals surface area contributed by atoms with E-state index in [9.17, 15) is 13.6 Å². The van der Waals surface area contributed by atoms with Crippen LogP contribution in [0.3, 0.4) is 0 Å². The Morgan fingerprint density at radius 3 is 2.41 bits per heavy atom. The summed E-state index contributed by atoms with van der Waals surface area (Å²) >= 11 is 0. The summed E-state index contributed by atoms with van der Waals surface area (Å²) in [5.41, 5.74) is 0.990. The van der Waals surface area contributed by atoms with Crippen molar-refractivity contribution in [2.75, 3.05) is 6.61 Å². The van der Waals surface area contributed by atoms with E-state index in [1.165, 1.54) is 24.3 Å². The van der Waals surface area contributed by atoms with Gasteiger partial charge in [-0.2, -0.15) is 8.78 Å². The highest BCUT2D eigenvalue weighted by molar-refractivity contribution is 5.89. The summed E-state index contributed by atoms with van der Waals surface area (Å²) in [6.45, 7) is 2.57. The minimum absolute atomic E-state index is 0.00329. The molecule has 1 aromatic carbocycles. The molecule has 0 aliphatic carbocycles. The lowest BCUT2D eigenvalue weighted by atomic mass is 10.2. The number of hydrogen-bond donors (Lipinski definition) is 0. The molecule has 0 amide bonds. The van der Waals surface area contributed by atoms with Crippen molar-refractivity contribution in [2.45, 2.75) is 13.5 Å². The summed E-state index contributed by atoms with van der Waals surface area (Å²) in [4.78, 5) is 11.4. The van der Waals surface area contributed by atoms with Crippen LogP contribution < -0.4 is 4.74 Å². The number of alkyl halides is 2. The van der Waals surface area contributed by atoms with Gasteiger partial charge in [-0.1, -0.05) is 6.58 Å². The highest BCUT2D eigenvalue weighted by atomic mass is 19.3. The predicted molar refractivity (Wildman–Crippen MR) is 58.2 cm³/mol. The Morgan fingerprint density at radius 1 is 1.35 bits per heavy atom. The number of hydrogen-bond acceptors (Lipinski definition) is 3. The van der Waals surface area contributed by atoms with Gasteiger partial charge in [-0.25, -0.2) is 4.79 Å². The quantitative estimate of drug-likeness (QED) is 0.588. The van der Waals surface area contributed by atoms with Crippen LogP contribution in [0.5, 0.6) is 5.75 Å². The van der Waals surface area contributed by atoms with E-state index in [0.29, 0.717) is 0 Å². The van der Waals surface area contributed by atoms with Crippen molar-refractivity contribution >= 4 is 5.97 Å². The zero-order valence-electron chi connectivity index (χ0n) is 9.28. The molecule has 0 radical (unpaired) electrons. The van der Waals surface area contributed by atoms with E-state index in [1.807, 2.05) is 0 Å². The summed E-state index contributed by atoms with van der Waals surface area (Å²) in [6.07, 6.45) is 0. The third-order valence-corrected chi connectivity index (χ3v) is 1.76. The van der Waals surface area contributed by atoms with Crippen LogP contribution in [0, 0.1) is 0 Å². The lowest BCUT2D eigenvalue weighted by molar-refractivity contribution is -0.0498. The molecule has 17 heavy (non-hydrogen) atoms. The predicted octanol–water partition coefficient (Wildman–Crippen LogP) is 3.02. The average molecular weight is 242 g/mol. The summed E-state index contributed by atoms with van der Waals surface area (Å²) in [7, 11) is 0. The largest absolute Gasteiger partial charge is 0.458 e. The first-order chi connectivity index (χ1) is 7.99. The van der Waals surface area contributed by atoms with Gasteiger partial charge in [0.2, 0.25) is 0 Å². The number of carbonyl (C=O) groups is 1. The van der Waals surface area contributed by atoms with Crippen molar-refractivity contribution in [2.24, 2.45) is 0 Å². The Morgan fingerprint density at radius 2 is 1.94 bits per heavy atom. The normalized spacial score (nSPS) is 10.1. The van der Waals surface area contributed by atoms with E-state index >= 15 is 0 Å². The van der Waals surface area contributed by atoms with E-state index in [0.717, 1.165) is 5.57 Å². The maximum atomic E-state index is 11.9. The van der Waals surface area contributed by atoms with E-state index in [-0.39, 0.29) is 17.9 Å². The molecule has 0 unspecified atom stereocenters. The molecule has 0 aliphatic rings. The monoisotopic (exact) mass is 242 g/mol. The van der Waals surface area contributed by atoms with Crippen LogP contribution in [0.1, 0.15) is 17.3 Å². The fourth-order valence-electron chi connectivity index (χ4n) is 1.04. The Hall–Kier alpha value is -1.91. The Balaban J connectivity index is 2.60. The van der Waals surface area contributed by atoms with Gasteiger partial charge in [0.15, 0.2) is 0 Å². The van der Waals surface area contributed by atoms with E-state index in [2.05, 4.69) is 11.3 Å². The van der Waals surface area contributed by atoms with Gasteiger partial charge in [-0.3, -0.25) is 0 Å². The van der Waals surface area contributed by atoms with Gasteiger partial charge >= 0.3 is 12.6 Å². The SMILES string of the molecule is C=C(C)COC(=O)c1ccc(OC(F)F)cc1. The van der Waals surface area contributed by atoms with Gasteiger partial charge in [0.1, 0.15) is 12.4 Å². The summed E-state index contributed by atoms with van der Waals surface area (Å²) in [6, 6.07) is 5.28. The van der Waals surface area contributed by atoms with Crippen molar-refractivity contribution in [3.05, 3.63) is 42.0 Å². The number of ether oxygens (including phenoxy) is 2. The van der Waals surface area contributed by atoms with Crippen LogP contribution in [-0.4, -0.2) is 19.2 Å². The number of benzene rings is 1. The lowest BCUT2D eigenvalue weighted by Gasteiger charge is -2.06. The molecule has 0 bridgehead atoms. The second-order valence-electron chi connectivity index (χ2n) is 3.44. The molecule has 0 atom stereocenters. The Bertz CT molecular complexity index is 399. The molecule has 0 saturated heterocycles. The number of halogens is 2. The van der Waals surface area contributed by atoms with Crippen molar-refractivity contribution in [1.29, 1.82) is 0 Å². The van der Waals surface area contributed by atoms with Gasteiger partial charge in [0.25, 0.3) is 0 Å². The lowest BCUT2D eigenvalue weighted by Crippen LogP contribution is -2.07. The molecule has 0 heterocycles. The highest BCUT2D eigenvalue weighted by Crippen LogP contribution is 2.15. The third kappa shape index (κ3) is 4.63. The van der Waals surface area contributed by atoms with Gasteiger partial charge < -0.3 is 9.47 Å². The smallest absolute Gasteiger partial charge is 0.387 e. The number of rotatable bonds is 5. The number of carbonyl (C=O) groups excluding carboxylic acids is 1. The molecule has 3 nitrogen and oxygen atoms in total. The second-order valence-corrected chi connectivity index (χ2v) is 3.44. The van der Waals surface area contributed by atoms with Crippen molar-refractivity contribution in [3.63, 3.8) is 0 Å². The molecular weight excluding hydrogens is 230 g/mol. The maximum absolute atomic E-state index is 11.9. The van der Waals surface area contributed by atoms with Crippen LogP contribution in [0.4, 0.5) is 8.78 Å². The van der Waals surface area contributed by atoms with Crippen LogP contribution in [0.2, 0.25) is 0 Å². The van der Waals surface area contributed by atoms with Gasteiger partial charge in [0.05, 0.1) is 5.56 Å². The Labute approximate surface area is 97.7 Å². The third-order valence-electron chi connectivity index (χ3n) is 1.76. The minimum atomic E-state index is -2.88. The second kappa shape index (κ2) is 5.98. The molecule has 5 heteroatoms. The number of esters is 1. The van der Waals surface area contributed by atoms with Crippen molar-refractivity contribution < 1.29 is 23.0 Å². The van der Waals surface area contributed by atoms with Crippen LogP contribution in [0.15, 0.2) is 36.4 Å². The van der Waals surface area contributed by atoms with E-state index < -0.39 is 12.6 Å². The first kappa shape index (κ1) is 13.2. The minimum Gasteiger partial charge on any atom is -0.458 e. The van der Waals surface area contributed by atoms with Crippen molar-refractivity contribution in [1.82, 2.24) is 0 Å². The first-order valence-electron chi connectivity index (χ1n) is 4.85. The zero-order chi connectivity index (χ0) is 12.8. The Kier molecular flexibility index (Phi) is 4.63. The summed E-state index contributed by atoms with van der Waals surface area (Å²) < 4.78 is 32.8. The molecule has 1 rings (SSSR count). The van der Waals surface area contributed by atoms with Crippen LogP contribution in [0.25, 0.3) is 0 Å². The van der Waals surface area contributed by atoms with E-state index in [1.54, 1.807) is 6.92 Å². The average Bonchev–Trinajstić information content (AvgIpc) is 2.26. The molecule has 0 N–H and O–H groups in total. The fraction of sp³-hybridized carbons (Fsp3) is 0.250. The molecule has 0 aromatic heterocycles. The van der Waals surface area contributed by atoms with Crippen molar-refractivity contribution in [3.8, 4) is 5.75 Å². The van der Waals surface area contributed by atoms with Crippen LogP contribution in [-0.2, 0) is 4.74 Å². The topological polar surface area (TPSA) is 35.5 Å². The molecule has 92 valence electrons. The molecule has 0 spiro atoms. The van der Waals surface area contributed by atoms with Gasteiger partial charge in [-0.05, 0) is 36.8 Å². The summed E-state index contributed by atoms with van der Waals surface area (Å²) in [5, 5.41) is 0. The molecular formula is C12H12F2O3. The molecule has 0 fully saturated rings. The maximum Gasteiger partial charge on any atom is 0.387 e. The van der Waals surface area contributed by atoms with E-state index in [4.69, 9.17) is 4.74 Å². The summed E-state index contributed by atoms with van der Waals surface area (Å²) in [5.74, 6) is -0.534. The van der Waals surface area contributed by atoms with Gasteiger partial charge in [-0.15, -0.1) is 0 Å². The molecule has 0 saturated carbocycles. The fourth-order valence-corrected chi connectivity index (χ4v) is 1.04. The zero-order valence-corrected chi connectivity index (χ0v) is 9.28. The molecule has 1 aromatic rings. The van der Waals surface area contributed by atoms with Crippen LogP contribution >= 0.6 is 0 Å². The first-order valence-corrected chi connectivity index (χ1v) is 4.85. The molecule has 0 aliphatic heterocycles. The standard InChI is InChI=1S/C12H12F2O3/c1-8(2)7-16-11(15)9-3-5-10(6-4-9)17-12(13)14/h3-6,12H,1,7H2,2H3. The van der Waals surface area contributed by atoms with Gasteiger partial charge in [0, 0.05) is 0 Å².